The number of rotatable bonds is 5. The van der Waals surface area contributed by atoms with Crippen LogP contribution in [0.4, 0.5) is 17.1 Å². The summed E-state index contributed by atoms with van der Waals surface area (Å²) in [4.78, 5) is 2.36. The molecule has 9 aromatic carbocycles. The van der Waals surface area contributed by atoms with Crippen LogP contribution in [0.2, 0.25) is 0 Å². The summed E-state index contributed by atoms with van der Waals surface area (Å²) in [7, 11) is 0. The van der Waals surface area contributed by atoms with Crippen LogP contribution < -0.4 is 4.90 Å². The zero-order chi connectivity index (χ0) is 38.9. The van der Waals surface area contributed by atoms with Gasteiger partial charge in [-0.25, -0.2) is 0 Å². The Hall–Kier alpha value is -7.68. The van der Waals surface area contributed by atoms with Crippen LogP contribution in [0.15, 0.2) is 217 Å². The Morgan fingerprint density at radius 3 is 1.59 bits per heavy atom. The Labute approximate surface area is 343 Å². The molecule has 1 aromatic heterocycles. The van der Waals surface area contributed by atoms with Crippen LogP contribution in [0.25, 0.3) is 67.5 Å². The van der Waals surface area contributed by atoms with E-state index < -0.39 is 5.41 Å². The summed E-state index contributed by atoms with van der Waals surface area (Å²) in [5.74, 6) is 0. The molecule has 0 N–H and O–H groups in total. The van der Waals surface area contributed by atoms with Crippen molar-refractivity contribution in [3.05, 3.63) is 246 Å². The number of anilines is 3. The molecule has 0 saturated heterocycles. The third-order valence-electron chi connectivity index (χ3n) is 12.5. The minimum Gasteiger partial charge on any atom is -0.456 e. The number of benzene rings is 9. The van der Waals surface area contributed by atoms with Crippen molar-refractivity contribution in [3.63, 3.8) is 0 Å². The van der Waals surface area contributed by atoms with E-state index >= 15 is 0 Å². The lowest BCUT2D eigenvalue weighted by Gasteiger charge is -2.35. The van der Waals surface area contributed by atoms with Crippen LogP contribution in [-0.2, 0) is 5.41 Å². The minimum absolute atomic E-state index is 0.431. The quantitative estimate of drug-likeness (QED) is 0.174. The average molecular weight is 752 g/mol. The maximum absolute atomic E-state index is 6.39. The lowest BCUT2D eigenvalue weighted by Crippen LogP contribution is -2.29. The molecule has 0 fully saturated rings. The zero-order valence-electron chi connectivity index (χ0n) is 32.2. The molecule has 59 heavy (non-hydrogen) atoms. The van der Waals surface area contributed by atoms with Gasteiger partial charge in [0, 0.05) is 16.8 Å². The van der Waals surface area contributed by atoms with E-state index in [0.29, 0.717) is 0 Å². The second kappa shape index (κ2) is 13.2. The highest BCUT2D eigenvalue weighted by Crippen LogP contribution is 2.59. The molecule has 2 aliphatic carbocycles. The van der Waals surface area contributed by atoms with Crippen LogP contribution in [-0.4, -0.2) is 0 Å². The van der Waals surface area contributed by atoms with Crippen LogP contribution in [0, 0.1) is 0 Å². The summed E-state index contributed by atoms with van der Waals surface area (Å²) in [5.41, 5.74) is 19.7. The van der Waals surface area contributed by atoms with Gasteiger partial charge in [-0.05, 0) is 115 Å². The van der Waals surface area contributed by atoms with Gasteiger partial charge in [-0.3, -0.25) is 0 Å². The second-order valence-corrected chi connectivity index (χ2v) is 15.6. The molecule has 0 saturated carbocycles. The lowest BCUT2D eigenvalue weighted by atomic mass is 9.66. The number of para-hydroxylation sites is 1. The molecule has 2 nitrogen and oxygen atoms in total. The van der Waals surface area contributed by atoms with Crippen molar-refractivity contribution in [1.29, 1.82) is 0 Å². The highest BCUT2D eigenvalue weighted by Gasteiger charge is 2.48. The molecule has 1 heterocycles. The van der Waals surface area contributed by atoms with Crippen molar-refractivity contribution in [2.75, 3.05) is 4.90 Å². The SMILES string of the molecule is C1=Cc2ccccc2C2(c3ccccc31)c1ccccc1-c1cc(-c3ccc(N(c4ccc(-c5ccccc5)cc4)c4cccc5oc6ccccc6c45)cc3)ccc12. The molecular weight excluding hydrogens is 715 g/mol. The van der Waals surface area contributed by atoms with Crippen molar-refractivity contribution >= 4 is 51.2 Å². The normalized spacial score (nSPS) is 13.2. The van der Waals surface area contributed by atoms with E-state index in [4.69, 9.17) is 4.42 Å². The highest BCUT2D eigenvalue weighted by molar-refractivity contribution is 6.13. The van der Waals surface area contributed by atoms with Crippen molar-refractivity contribution in [3.8, 4) is 33.4 Å². The van der Waals surface area contributed by atoms with Gasteiger partial charge in [-0.1, -0.05) is 176 Å². The standard InChI is InChI=1S/C57H37NO/c1-2-13-38(14-3-1)39-27-32-44(33-28-39)58(53-22-12-24-55-56(53)47-18-7-11-23-54(47)59-55)45-34-29-40(30-35-45)43-31-36-52-48(37-43)46-17-6-10-21-51(46)57(52)49-19-8-4-15-41(49)25-26-42-16-5-9-20-50(42)57/h1-37H. The topological polar surface area (TPSA) is 16.4 Å². The van der Waals surface area contributed by atoms with Gasteiger partial charge in [0.05, 0.1) is 16.5 Å². The largest absolute Gasteiger partial charge is 0.456 e. The van der Waals surface area contributed by atoms with Crippen LogP contribution >= 0.6 is 0 Å². The molecule has 0 atom stereocenters. The smallest absolute Gasteiger partial charge is 0.137 e. The monoisotopic (exact) mass is 751 g/mol. The Bertz CT molecular complexity index is 3210. The van der Waals surface area contributed by atoms with E-state index in [9.17, 15) is 0 Å². The maximum Gasteiger partial charge on any atom is 0.137 e. The zero-order valence-corrected chi connectivity index (χ0v) is 32.2. The van der Waals surface area contributed by atoms with E-state index in [-0.39, 0.29) is 0 Å². The molecule has 1 spiro atoms. The van der Waals surface area contributed by atoms with Crippen LogP contribution in [0.5, 0.6) is 0 Å². The van der Waals surface area contributed by atoms with Crippen molar-refractivity contribution in [2.24, 2.45) is 0 Å². The third kappa shape index (κ3) is 5.06. The molecule has 0 radical (unpaired) electrons. The Morgan fingerprint density at radius 2 is 0.881 bits per heavy atom. The summed E-state index contributed by atoms with van der Waals surface area (Å²) >= 11 is 0. The number of hydrogen-bond acceptors (Lipinski definition) is 2. The molecular formula is C57H37NO. The summed E-state index contributed by atoms with van der Waals surface area (Å²) in [6.07, 6.45) is 4.58. The molecule has 12 rings (SSSR count). The summed E-state index contributed by atoms with van der Waals surface area (Å²) in [6, 6.07) is 77.2. The third-order valence-corrected chi connectivity index (χ3v) is 12.5. The molecule has 0 aliphatic heterocycles. The number of nitrogens with zero attached hydrogens (tertiary/aromatic N) is 1. The fraction of sp³-hybridized carbons (Fsp3) is 0.0175. The molecule has 0 bridgehead atoms. The predicted molar refractivity (Wildman–Crippen MR) is 246 cm³/mol. The fourth-order valence-corrected chi connectivity index (χ4v) is 9.94. The first-order valence-electron chi connectivity index (χ1n) is 20.3. The Kier molecular flexibility index (Phi) is 7.48. The van der Waals surface area contributed by atoms with Gasteiger partial charge in [-0.15, -0.1) is 0 Å². The van der Waals surface area contributed by atoms with Crippen molar-refractivity contribution in [2.45, 2.75) is 5.41 Å². The maximum atomic E-state index is 6.39. The van der Waals surface area contributed by atoms with Gasteiger partial charge >= 0.3 is 0 Å². The van der Waals surface area contributed by atoms with Gasteiger partial charge in [-0.2, -0.15) is 0 Å². The number of hydrogen-bond donors (Lipinski definition) is 0. The van der Waals surface area contributed by atoms with E-state index in [1.165, 1.54) is 66.8 Å². The fourth-order valence-electron chi connectivity index (χ4n) is 9.94. The average Bonchev–Trinajstić information content (AvgIpc) is 3.78. The summed E-state index contributed by atoms with van der Waals surface area (Å²) < 4.78 is 6.39. The van der Waals surface area contributed by atoms with Crippen LogP contribution in [0.1, 0.15) is 33.4 Å². The first kappa shape index (κ1) is 33.5. The van der Waals surface area contributed by atoms with Gasteiger partial charge in [0.25, 0.3) is 0 Å². The van der Waals surface area contributed by atoms with Gasteiger partial charge in [0.2, 0.25) is 0 Å². The van der Waals surface area contributed by atoms with Crippen molar-refractivity contribution < 1.29 is 4.42 Å². The van der Waals surface area contributed by atoms with E-state index in [1.807, 2.05) is 12.1 Å². The van der Waals surface area contributed by atoms with E-state index in [2.05, 4.69) is 217 Å². The van der Waals surface area contributed by atoms with Gasteiger partial charge < -0.3 is 9.32 Å². The van der Waals surface area contributed by atoms with Gasteiger partial charge in [0.1, 0.15) is 11.2 Å². The summed E-state index contributed by atoms with van der Waals surface area (Å²) in [5, 5.41) is 2.20. The first-order chi connectivity index (χ1) is 29.3. The molecule has 0 unspecified atom stereocenters. The predicted octanol–water partition coefficient (Wildman–Crippen LogP) is 15.2. The molecule has 276 valence electrons. The Balaban J connectivity index is 0.999. The summed E-state index contributed by atoms with van der Waals surface area (Å²) in [6.45, 7) is 0. The highest BCUT2D eigenvalue weighted by atomic mass is 16.3. The van der Waals surface area contributed by atoms with Gasteiger partial charge in [0.15, 0.2) is 0 Å². The number of furan rings is 1. The molecule has 0 amide bonds. The van der Waals surface area contributed by atoms with E-state index in [0.717, 1.165) is 39.0 Å². The van der Waals surface area contributed by atoms with Crippen molar-refractivity contribution in [1.82, 2.24) is 0 Å². The molecule has 2 aliphatic rings. The first-order valence-corrected chi connectivity index (χ1v) is 20.3. The van der Waals surface area contributed by atoms with E-state index in [1.54, 1.807) is 0 Å². The number of fused-ring (bicyclic) bond motifs is 12. The molecule has 10 aromatic rings. The molecule has 2 heteroatoms. The van der Waals surface area contributed by atoms with Crippen LogP contribution in [0.3, 0.4) is 0 Å². The second-order valence-electron chi connectivity index (χ2n) is 15.6. The Morgan fingerprint density at radius 1 is 0.356 bits per heavy atom. The lowest BCUT2D eigenvalue weighted by molar-refractivity contribution is 0.669. The minimum atomic E-state index is -0.431.